The largest absolute Gasteiger partial charge is 2.00 e. The molecule has 0 heterocycles. The van der Waals surface area contributed by atoms with Crippen LogP contribution >= 0.6 is 0 Å². The molecule has 0 unspecified atom stereocenters. The van der Waals surface area contributed by atoms with Crippen LogP contribution in [0.2, 0.25) is 0 Å². The first-order valence-corrected chi connectivity index (χ1v) is 10.9. The molecule has 0 aromatic rings. The predicted octanol–water partition coefficient (Wildman–Crippen LogP) is -24.5. The van der Waals surface area contributed by atoms with E-state index in [0.29, 0.717) is 0 Å². The molecule has 0 saturated carbocycles. The average molecular weight is 710 g/mol. The van der Waals surface area contributed by atoms with Crippen LogP contribution in [0.1, 0.15) is 0 Å². The Morgan fingerprint density at radius 1 is 0.356 bits per heavy atom. The fraction of sp³-hybridized carbons (Fsp3) is 0.600. The summed E-state index contributed by atoms with van der Waals surface area (Å²) in [7, 11) is 0. The molecule has 0 aliphatic rings. The van der Waals surface area contributed by atoms with Gasteiger partial charge in [-0.3, -0.25) is 29.2 Å². The normalized spacial score (nSPS) is 9.51. The van der Waals surface area contributed by atoms with Crippen molar-refractivity contribution < 1.29 is 197 Å². The molecule has 2 N–H and O–H groups in total. The van der Waals surface area contributed by atoms with Crippen molar-refractivity contribution in [3.63, 3.8) is 0 Å². The molecule has 0 bridgehead atoms. The van der Waals surface area contributed by atoms with Gasteiger partial charge < -0.3 is 69.6 Å². The molecule has 0 rings (SSSR count). The molecule has 0 atom stereocenters. The Hall–Kier alpha value is 0.860. The second kappa shape index (κ2) is 36.1. The first-order valence-electron chi connectivity index (χ1n) is 10.9. The number of carbonyl (C=O) groups excluding carboxylic acids is 6. The fourth-order valence-electron chi connectivity index (χ4n) is 2.90. The van der Waals surface area contributed by atoms with Crippen LogP contribution in [0.4, 0.5) is 0 Å². The summed E-state index contributed by atoms with van der Waals surface area (Å²) >= 11 is 0. The maximum atomic E-state index is 10.5. The maximum absolute atomic E-state index is 10.5. The minimum Gasteiger partial charge on any atom is -0.549 e. The van der Waals surface area contributed by atoms with E-state index >= 15 is 0 Å². The van der Waals surface area contributed by atoms with Crippen LogP contribution in [0.5, 0.6) is 0 Å². The zero-order valence-corrected chi connectivity index (χ0v) is 35.8. The number of nitrogens with zero attached hydrogens (tertiary/aromatic N) is 4. The number of carbonyl (C=O) groups is 8. The van der Waals surface area contributed by atoms with Gasteiger partial charge in [0, 0.05) is 65.4 Å². The molecule has 25 heteroatoms. The van der Waals surface area contributed by atoms with E-state index in [1.165, 1.54) is 0 Å². The van der Waals surface area contributed by atoms with Gasteiger partial charge >= 0.3 is 168 Å². The number of carboxylic acids is 8. The summed E-state index contributed by atoms with van der Waals surface area (Å²) in [5, 5.41) is 79.7. The van der Waals surface area contributed by atoms with Gasteiger partial charge in [0.25, 0.3) is 0 Å². The zero-order valence-electron chi connectivity index (χ0n) is 25.6. The first kappa shape index (κ1) is 61.1. The average Bonchev–Trinajstić information content (AvgIpc) is 2.72. The van der Waals surface area contributed by atoms with Gasteiger partial charge in [-0.15, -0.1) is 0 Å². The molecule has 0 radical (unpaired) electrons. The molecule has 0 aliphatic carbocycles. The number of carboxylic acid groups (broad SMARTS) is 8. The number of rotatable bonds is 22. The molecule has 0 aromatic carbocycles. The van der Waals surface area contributed by atoms with E-state index in [0.717, 1.165) is 19.6 Å². The van der Waals surface area contributed by atoms with E-state index in [-0.39, 0.29) is 182 Å². The molecule has 0 spiro atoms. The third-order valence-corrected chi connectivity index (χ3v) is 4.30. The van der Waals surface area contributed by atoms with Gasteiger partial charge in [-0.2, -0.15) is 0 Å². The number of hydrogen-bond donors (Lipinski definition) is 2. The summed E-state index contributed by atoms with van der Waals surface area (Å²) in [6, 6.07) is 0. The van der Waals surface area contributed by atoms with Crippen LogP contribution in [0.3, 0.4) is 0 Å². The van der Waals surface area contributed by atoms with Gasteiger partial charge in [0.05, 0.1) is 48.9 Å². The molecule has 0 fully saturated rings. The van der Waals surface area contributed by atoms with E-state index in [9.17, 15) is 69.0 Å². The van der Waals surface area contributed by atoms with Gasteiger partial charge in [0.2, 0.25) is 0 Å². The van der Waals surface area contributed by atoms with E-state index in [2.05, 4.69) is 0 Å². The maximum Gasteiger partial charge on any atom is 2.00 e. The fourth-order valence-corrected chi connectivity index (χ4v) is 2.90. The SMILES string of the molecule is O=C([O-])CN(CCN(CC(=O)[O-])CC(=O)O)CC(=O)O.O=C([O-])CN(CCN(CC(=O)[O-])CC(=O)[O-])CC(=O)[O-].[Ca+2].[Na+].[Na+].[Na+].[Na+]. The van der Waals surface area contributed by atoms with Crippen LogP contribution in [-0.2, 0) is 38.4 Å². The molecule has 45 heavy (non-hydrogen) atoms. The second-order valence-corrected chi connectivity index (χ2v) is 7.86. The molecule has 0 aliphatic heterocycles. The Labute approximate surface area is 375 Å². The monoisotopic (exact) mass is 710 g/mol. The van der Waals surface area contributed by atoms with Gasteiger partial charge in [-0.05, 0) is 0 Å². The molecule has 20 nitrogen and oxygen atoms in total. The van der Waals surface area contributed by atoms with Crippen molar-refractivity contribution in [2.24, 2.45) is 0 Å². The van der Waals surface area contributed by atoms with Crippen molar-refractivity contribution in [1.82, 2.24) is 19.6 Å². The van der Waals surface area contributed by atoms with Crippen LogP contribution in [0.15, 0.2) is 0 Å². The second-order valence-electron chi connectivity index (χ2n) is 7.86. The summed E-state index contributed by atoms with van der Waals surface area (Å²) in [6.07, 6.45) is 0. The van der Waals surface area contributed by atoms with Gasteiger partial charge in [-0.1, -0.05) is 0 Å². The van der Waals surface area contributed by atoms with Gasteiger partial charge in [0.1, 0.15) is 0 Å². The zero-order chi connectivity index (χ0) is 31.4. The minimum absolute atomic E-state index is 0. The smallest absolute Gasteiger partial charge is 0.549 e. The van der Waals surface area contributed by atoms with Crippen molar-refractivity contribution in [3.8, 4) is 0 Å². The van der Waals surface area contributed by atoms with E-state index in [4.69, 9.17) is 10.2 Å². The van der Waals surface area contributed by atoms with Crippen molar-refractivity contribution in [2.45, 2.75) is 0 Å². The summed E-state index contributed by atoms with van der Waals surface area (Å²) in [6.45, 7) is -6.00. The number of aliphatic carboxylic acids is 8. The van der Waals surface area contributed by atoms with E-state index < -0.39 is 100 Å². The van der Waals surface area contributed by atoms with Gasteiger partial charge in [-0.25, -0.2) is 0 Å². The van der Waals surface area contributed by atoms with Crippen LogP contribution in [0.25, 0.3) is 0 Å². The molecule has 228 valence electrons. The minimum atomic E-state index is -1.53. The molecule has 0 saturated heterocycles. The molecular formula is C20H26CaN4Na4O16. The quantitative estimate of drug-likeness (QED) is 0.0985. The Bertz CT molecular complexity index is 729. The Balaban J connectivity index is -0.000000116. The van der Waals surface area contributed by atoms with E-state index in [1.54, 1.807) is 0 Å². The van der Waals surface area contributed by atoms with Crippen molar-refractivity contribution in [1.29, 1.82) is 0 Å². The van der Waals surface area contributed by atoms with Crippen LogP contribution in [-0.4, -0.2) is 194 Å². The topological polar surface area (TPSA) is 328 Å². The van der Waals surface area contributed by atoms with E-state index in [1.807, 2.05) is 0 Å². The van der Waals surface area contributed by atoms with Crippen molar-refractivity contribution in [2.75, 3.05) is 78.5 Å². The Kier molecular flexibility index (Phi) is 49.1. The van der Waals surface area contributed by atoms with Crippen molar-refractivity contribution in [3.05, 3.63) is 0 Å². The van der Waals surface area contributed by atoms with Crippen LogP contribution < -0.4 is 149 Å². The third kappa shape index (κ3) is 44.9. The van der Waals surface area contributed by atoms with Gasteiger partial charge in [0.15, 0.2) is 0 Å². The Morgan fingerprint density at radius 2 is 0.489 bits per heavy atom. The van der Waals surface area contributed by atoms with Crippen LogP contribution in [0, 0.1) is 0 Å². The predicted molar refractivity (Wildman–Crippen MR) is 117 cm³/mol. The van der Waals surface area contributed by atoms with Crippen molar-refractivity contribution >= 4 is 85.5 Å². The first-order chi connectivity index (χ1) is 18.4. The molecule has 0 amide bonds. The third-order valence-electron chi connectivity index (χ3n) is 4.30. The summed E-state index contributed by atoms with van der Waals surface area (Å²) in [5.74, 6) is -11.6. The summed E-state index contributed by atoms with van der Waals surface area (Å²) in [4.78, 5) is 87.3. The summed E-state index contributed by atoms with van der Waals surface area (Å²) in [5.41, 5.74) is 0. The Morgan fingerprint density at radius 3 is 0.600 bits per heavy atom. The number of hydrogen-bond acceptors (Lipinski definition) is 18. The summed E-state index contributed by atoms with van der Waals surface area (Å²) < 4.78 is 0. The molecule has 0 aromatic heterocycles. The molecular weight excluding hydrogens is 684 g/mol. The standard InChI is InChI=1S/2C10H16N2O8.Ca.4Na/c2*13-7(14)3-11(4-8(15)16)1-2-12(5-9(17)18)6-10(19)20;;;;;/h2*1-6H2,(H,13,14)(H,15,16)(H,17,18)(H,19,20);;;;;/q;;+2;4*+1/p-6.